The molecular weight excluding hydrogens is 278 g/mol. The smallest absolute Gasteiger partial charge is 0.127 e. The van der Waals surface area contributed by atoms with Gasteiger partial charge in [0, 0.05) is 24.5 Å². The first-order valence-electron chi connectivity index (χ1n) is 7.79. The van der Waals surface area contributed by atoms with Crippen LogP contribution < -0.4 is 5.32 Å². The van der Waals surface area contributed by atoms with Crippen molar-refractivity contribution in [3.63, 3.8) is 0 Å². The van der Waals surface area contributed by atoms with Crippen LogP contribution >= 0.6 is 0 Å². The zero-order valence-electron chi connectivity index (χ0n) is 13.1. The molecule has 0 bridgehead atoms. The van der Waals surface area contributed by atoms with Crippen molar-refractivity contribution in [2.45, 2.75) is 38.4 Å². The fraction of sp³-hybridized carbons (Fsp3) is 0.444. The Morgan fingerprint density at radius 3 is 2.91 bits per heavy atom. The molecule has 3 N–H and O–H groups in total. The third-order valence-corrected chi connectivity index (χ3v) is 4.37. The molecular formula is C18H23NO3. The summed E-state index contributed by atoms with van der Waals surface area (Å²) in [5.74, 6) is 0.217. The molecule has 0 saturated carbocycles. The van der Waals surface area contributed by atoms with E-state index < -0.39 is 0 Å². The third-order valence-electron chi connectivity index (χ3n) is 4.37. The van der Waals surface area contributed by atoms with Crippen LogP contribution in [0.1, 0.15) is 25.8 Å². The molecule has 0 radical (unpaired) electrons. The van der Waals surface area contributed by atoms with Crippen LogP contribution in [-0.2, 0) is 11.2 Å². The van der Waals surface area contributed by atoms with E-state index in [1.807, 2.05) is 18.2 Å². The van der Waals surface area contributed by atoms with Crippen LogP contribution in [0.15, 0.2) is 30.3 Å². The van der Waals surface area contributed by atoms with Crippen LogP contribution in [0.3, 0.4) is 0 Å². The summed E-state index contributed by atoms with van der Waals surface area (Å²) in [6.07, 6.45) is 1.92. The minimum Gasteiger partial charge on any atom is -0.508 e. The highest BCUT2D eigenvalue weighted by atomic mass is 16.5. The lowest BCUT2D eigenvalue weighted by molar-refractivity contribution is -0.101. The van der Waals surface area contributed by atoms with Crippen LogP contribution in [-0.4, -0.2) is 35.0 Å². The topological polar surface area (TPSA) is 61.7 Å². The fourth-order valence-corrected chi connectivity index (χ4v) is 3.33. The van der Waals surface area contributed by atoms with Gasteiger partial charge in [0.05, 0.1) is 11.7 Å². The molecule has 2 aromatic carbocycles. The molecule has 4 nitrogen and oxygen atoms in total. The van der Waals surface area contributed by atoms with Crippen LogP contribution in [0.5, 0.6) is 11.5 Å². The largest absolute Gasteiger partial charge is 0.508 e. The molecule has 2 unspecified atom stereocenters. The number of aryl methyl sites for hydroxylation is 1. The van der Waals surface area contributed by atoms with Gasteiger partial charge in [-0.1, -0.05) is 18.2 Å². The summed E-state index contributed by atoms with van der Waals surface area (Å²) >= 11 is 0. The Bertz CT molecular complexity index is 685. The average molecular weight is 301 g/mol. The molecule has 2 aromatic rings. The SMILES string of the molecule is CC1CNCC(C)(CCc2cccc3cc(O)cc(O)c23)O1. The highest BCUT2D eigenvalue weighted by Crippen LogP contribution is 2.34. The Morgan fingerprint density at radius 1 is 1.32 bits per heavy atom. The summed E-state index contributed by atoms with van der Waals surface area (Å²) in [6.45, 7) is 5.95. The van der Waals surface area contributed by atoms with Gasteiger partial charge in [-0.2, -0.15) is 0 Å². The number of rotatable bonds is 3. The Balaban J connectivity index is 1.85. The first-order valence-corrected chi connectivity index (χ1v) is 7.79. The zero-order chi connectivity index (χ0) is 15.7. The maximum Gasteiger partial charge on any atom is 0.127 e. The molecule has 0 aliphatic carbocycles. The number of phenols is 2. The van der Waals surface area contributed by atoms with E-state index in [9.17, 15) is 10.2 Å². The number of phenolic OH excluding ortho intramolecular Hbond substituents is 2. The third kappa shape index (κ3) is 3.03. The quantitative estimate of drug-likeness (QED) is 0.815. The van der Waals surface area contributed by atoms with Crippen molar-refractivity contribution < 1.29 is 14.9 Å². The monoisotopic (exact) mass is 301 g/mol. The van der Waals surface area contributed by atoms with Gasteiger partial charge in [-0.15, -0.1) is 0 Å². The van der Waals surface area contributed by atoms with Crippen LogP contribution in [0.25, 0.3) is 10.8 Å². The molecule has 0 aromatic heterocycles. The lowest BCUT2D eigenvalue weighted by Crippen LogP contribution is -2.51. The predicted octanol–water partition coefficient (Wildman–Crippen LogP) is 2.95. The summed E-state index contributed by atoms with van der Waals surface area (Å²) in [7, 11) is 0. The Labute approximate surface area is 130 Å². The molecule has 1 fully saturated rings. The van der Waals surface area contributed by atoms with Crippen LogP contribution in [0.4, 0.5) is 0 Å². The van der Waals surface area contributed by atoms with Gasteiger partial charge < -0.3 is 20.3 Å². The van der Waals surface area contributed by atoms with Crippen molar-refractivity contribution in [2.24, 2.45) is 0 Å². The molecule has 0 spiro atoms. The van der Waals surface area contributed by atoms with Crippen molar-refractivity contribution in [3.05, 3.63) is 35.9 Å². The second-order valence-electron chi connectivity index (χ2n) is 6.49. The molecule has 1 saturated heterocycles. The number of morpholine rings is 1. The first kappa shape index (κ1) is 15.1. The van der Waals surface area contributed by atoms with Crippen molar-refractivity contribution in [2.75, 3.05) is 13.1 Å². The summed E-state index contributed by atoms with van der Waals surface area (Å²) in [5, 5.41) is 24.9. The Morgan fingerprint density at radius 2 is 2.14 bits per heavy atom. The number of ether oxygens (including phenoxy) is 1. The molecule has 1 aliphatic rings. The molecule has 1 aliphatic heterocycles. The molecule has 2 atom stereocenters. The van der Waals surface area contributed by atoms with Crippen LogP contribution in [0, 0.1) is 0 Å². The van der Waals surface area contributed by atoms with Gasteiger partial charge in [-0.3, -0.25) is 0 Å². The molecule has 1 heterocycles. The van der Waals surface area contributed by atoms with E-state index >= 15 is 0 Å². The standard InChI is InChI=1S/C18H23NO3/c1-12-10-19-11-18(2,22-12)7-6-13-4-3-5-14-8-15(20)9-16(21)17(13)14/h3-5,8-9,12,19-21H,6-7,10-11H2,1-2H3. The van der Waals surface area contributed by atoms with E-state index in [4.69, 9.17) is 4.74 Å². The molecule has 22 heavy (non-hydrogen) atoms. The molecule has 3 rings (SSSR count). The van der Waals surface area contributed by atoms with Gasteiger partial charge in [-0.05, 0) is 43.7 Å². The lowest BCUT2D eigenvalue weighted by atomic mass is 9.92. The maximum atomic E-state index is 10.2. The van der Waals surface area contributed by atoms with Gasteiger partial charge in [0.25, 0.3) is 0 Å². The van der Waals surface area contributed by atoms with Crippen molar-refractivity contribution >= 4 is 10.8 Å². The maximum absolute atomic E-state index is 10.2. The van der Waals surface area contributed by atoms with E-state index in [0.29, 0.717) is 0 Å². The van der Waals surface area contributed by atoms with E-state index in [-0.39, 0.29) is 23.2 Å². The van der Waals surface area contributed by atoms with Crippen molar-refractivity contribution in [1.82, 2.24) is 5.32 Å². The number of hydrogen-bond donors (Lipinski definition) is 3. The first-order chi connectivity index (χ1) is 10.5. The molecule has 0 amide bonds. The fourth-order valence-electron chi connectivity index (χ4n) is 3.33. The molecule has 4 heteroatoms. The lowest BCUT2D eigenvalue weighted by Gasteiger charge is -2.38. The number of nitrogens with one attached hydrogen (secondary N) is 1. The minimum atomic E-state index is -0.188. The van der Waals surface area contributed by atoms with Crippen LogP contribution in [0.2, 0.25) is 0 Å². The minimum absolute atomic E-state index is 0.0859. The second kappa shape index (κ2) is 5.78. The number of fused-ring (bicyclic) bond motifs is 1. The summed E-state index contributed by atoms with van der Waals surface area (Å²) in [6, 6.07) is 8.97. The number of benzene rings is 2. The Kier molecular flexibility index (Phi) is 3.98. The summed E-state index contributed by atoms with van der Waals surface area (Å²) in [5.41, 5.74) is 0.893. The van der Waals surface area contributed by atoms with Gasteiger partial charge in [-0.25, -0.2) is 0 Å². The predicted molar refractivity (Wildman–Crippen MR) is 87.4 cm³/mol. The summed E-state index contributed by atoms with van der Waals surface area (Å²) in [4.78, 5) is 0. The van der Waals surface area contributed by atoms with Crippen molar-refractivity contribution in [1.29, 1.82) is 0 Å². The highest BCUT2D eigenvalue weighted by Gasteiger charge is 2.30. The van der Waals surface area contributed by atoms with E-state index in [1.54, 1.807) is 6.07 Å². The second-order valence-corrected chi connectivity index (χ2v) is 6.49. The van der Waals surface area contributed by atoms with Gasteiger partial charge in [0.2, 0.25) is 0 Å². The van der Waals surface area contributed by atoms with Gasteiger partial charge in [0.1, 0.15) is 11.5 Å². The number of aromatic hydroxyl groups is 2. The number of hydrogen-bond acceptors (Lipinski definition) is 4. The zero-order valence-corrected chi connectivity index (χ0v) is 13.1. The summed E-state index contributed by atoms with van der Waals surface area (Å²) < 4.78 is 6.09. The highest BCUT2D eigenvalue weighted by molar-refractivity contribution is 5.92. The Hall–Kier alpha value is -1.78. The van der Waals surface area contributed by atoms with E-state index in [2.05, 4.69) is 19.2 Å². The van der Waals surface area contributed by atoms with E-state index in [1.165, 1.54) is 6.07 Å². The van der Waals surface area contributed by atoms with Gasteiger partial charge >= 0.3 is 0 Å². The van der Waals surface area contributed by atoms with Crippen molar-refractivity contribution in [3.8, 4) is 11.5 Å². The normalized spacial score (nSPS) is 25.5. The van der Waals surface area contributed by atoms with E-state index in [0.717, 1.165) is 42.3 Å². The van der Waals surface area contributed by atoms with Gasteiger partial charge in [0.15, 0.2) is 0 Å². The average Bonchev–Trinajstić information content (AvgIpc) is 2.44. The molecule has 118 valence electrons.